The van der Waals surface area contributed by atoms with Crippen LogP contribution >= 0.6 is 15.9 Å². The maximum absolute atomic E-state index is 4.76. The summed E-state index contributed by atoms with van der Waals surface area (Å²) in [4.78, 5) is 16.3. The third kappa shape index (κ3) is 2.80. The number of aromatic amines is 2. The Morgan fingerprint density at radius 2 is 1.35 bits per heavy atom. The van der Waals surface area contributed by atoms with Gasteiger partial charge in [0.2, 0.25) is 0 Å². The summed E-state index contributed by atoms with van der Waals surface area (Å²) < 4.78 is 0. The van der Waals surface area contributed by atoms with Gasteiger partial charge in [-0.1, -0.05) is 15.9 Å². The fraction of sp³-hybridized carbons (Fsp3) is 0.0476. The van der Waals surface area contributed by atoms with E-state index < -0.39 is 0 Å². The van der Waals surface area contributed by atoms with Gasteiger partial charge in [-0.3, -0.25) is 0 Å². The molecule has 0 fully saturated rings. The molecule has 2 N–H and O–H groups in total. The average Bonchev–Trinajstić information content (AvgIpc) is 3.39. The predicted octanol–water partition coefficient (Wildman–Crippen LogP) is 5.55. The van der Waals surface area contributed by atoms with E-state index in [9.17, 15) is 0 Å². The van der Waals surface area contributed by atoms with Crippen molar-refractivity contribution < 1.29 is 0 Å². The first-order valence-electron chi connectivity index (χ1n) is 8.39. The maximum Gasteiger partial charge on any atom is 0.0698 e. The number of hydrogen-bond donors (Lipinski definition) is 2. The number of nitrogens with one attached hydrogen (secondary N) is 2. The molecule has 5 heteroatoms. The molecule has 26 heavy (non-hydrogen) atoms. The van der Waals surface area contributed by atoms with E-state index in [-0.39, 0.29) is 0 Å². The Morgan fingerprint density at radius 3 is 2.19 bits per heavy atom. The van der Waals surface area contributed by atoms with Crippen molar-refractivity contribution in [2.24, 2.45) is 0 Å². The number of aromatic nitrogens is 4. The monoisotopic (exact) mass is 402 g/mol. The van der Waals surface area contributed by atoms with Gasteiger partial charge in [0.25, 0.3) is 0 Å². The molecule has 0 amide bonds. The molecule has 0 radical (unpaired) electrons. The number of alkyl halides is 1. The Labute approximate surface area is 158 Å². The smallest absolute Gasteiger partial charge is 0.0698 e. The van der Waals surface area contributed by atoms with Crippen molar-refractivity contribution in [1.82, 2.24) is 19.9 Å². The molecule has 126 valence electrons. The van der Waals surface area contributed by atoms with Crippen molar-refractivity contribution in [2.45, 2.75) is 5.33 Å². The molecule has 2 aliphatic heterocycles. The van der Waals surface area contributed by atoms with E-state index >= 15 is 0 Å². The molecular formula is C21H15BrN4. The summed E-state index contributed by atoms with van der Waals surface area (Å²) in [5, 5.41) is 0.726. The second-order valence-corrected chi connectivity index (χ2v) is 6.85. The lowest BCUT2D eigenvalue weighted by Gasteiger charge is -1.96. The summed E-state index contributed by atoms with van der Waals surface area (Å²) in [7, 11) is 0. The number of fused-ring (bicyclic) bond motifs is 8. The van der Waals surface area contributed by atoms with E-state index in [1.807, 2.05) is 30.4 Å². The quantitative estimate of drug-likeness (QED) is 0.361. The highest BCUT2D eigenvalue weighted by Gasteiger charge is 2.07. The highest BCUT2D eigenvalue weighted by molar-refractivity contribution is 9.08. The van der Waals surface area contributed by atoms with Gasteiger partial charge in [0.05, 0.1) is 22.8 Å². The lowest BCUT2D eigenvalue weighted by molar-refractivity contribution is 1.25. The number of nitrogens with zero attached hydrogens (tertiary/aromatic N) is 2. The molecule has 0 spiro atoms. The van der Waals surface area contributed by atoms with Crippen LogP contribution in [0.2, 0.25) is 0 Å². The van der Waals surface area contributed by atoms with Crippen LogP contribution in [0.3, 0.4) is 0 Å². The van der Waals surface area contributed by atoms with Gasteiger partial charge in [-0.25, -0.2) is 9.97 Å². The predicted molar refractivity (Wildman–Crippen MR) is 111 cm³/mol. The van der Waals surface area contributed by atoms with Crippen LogP contribution in [0.25, 0.3) is 46.4 Å². The standard InChI is InChI=1S/C21H15BrN4/c22-12-19-20-7-5-17(25-20)10-15-3-1-13(23-15)9-14-2-4-16(24-14)11-18-6-8-21(19)26-18/h1-11,23,25H,12H2. The van der Waals surface area contributed by atoms with Crippen molar-refractivity contribution in [1.29, 1.82) is 0 Å². The summed E-state index contributed by atoms with van der Waals surface area (Å²) in [6.07, 6.45) is 8.11. The first-order chi connectivity index (χ1) is 12.8. The molecule has 0 saturated carbocycles. The van der Waals surface area contributed by atoms with Crippen LogP contribution in [-0.4, -0.2) is 19.9 Å². The van der Waals surface area contributed by atoms with Crippen LogP contribution in [0.15, 0.2) is 42.5 Å². The minimum atomic E-state index is 0.726. The number of hydrogen-bond acceptors (Lipinski definition) is 2. The first kappa shape index (κ1) is 15.3. The lowest BCUT2D eigenvalue weighted by Crippen LogP contribution is -1.85. The van der Waals surface area contributed by atoms with Gasteiger partial charge in [0.1, 0.15) is 0 Å². The van der Waals surface area contributed by atoms with Crippen molar-refractivity contribution in [2.75, 3.05) is 0 Å². The van der Waals surface area contributed by atoms with E-state index in [1.165, 1.54) is 0 Å². The molecule has 3 aromatic rings. The number of rotatable bonds is 1. The van der Waals surface area contributed by atoms with Gasteiger partial charge >= 0.3 is 0 Å². The van der Waals surface area contributed by atoms with Gasteiger partial charge in [-0.15, -0.1) is 0 Å². The number of H-pyrrole nitrogens is 2. The fourth-order valence-electron chi connectivity index (χ4n) is 3.21. The molecule has 0 unspecified atom stereocenters. The van der Waals surface area contributed by atoms with E-state index in [0.717, 1.165) is 55.7 Å². The largest absolute Gasteiger partial charge is 0.355 e. The molecule has 5 rings (SSSR count). The minimum Gasteiger partial charge on any atom is -0.355 e. The van der Waals surface area contributed by atoms with Crippen molar-refractivity contribution >= 4 is 62.3 Å². The molecule has 0 saturated heterocycles. The highest BCUT2D eigenvalue weighted by atomic mass is 79.9. The molecule has 2 aliphatic rings. The van der Waals surface area contributed by atoms with Crippen LogP contribution in [-0.2, 0) is 5.33 Å². The van der Waals surface area contributed by atoms with Crippen LogP contribution in [0, 0.1) is 0 Å². The normalized spacial score (nSPS) is 12.7. The Balaban J connectivity index is 1.88. The van der Waals surface area contributed by atoms with E-state index in [0.29, 0.717) is 0 Å². The number of halogens is 1. The zero-order chi connectivity index (χ0) is 17.5. The van der Waals surface area contributed by atoms with Gasteiger partial charge in [-0.05, 0) is 66.8 Å². The Hall–Kier alpha value is -2.92. The van der Waals surface area contributed by atoms with E-state index in [1.54, 1.807) is 0 Å². The molecule has 4 nitrogen and oxygen atoms in total. The molecular weight excluding hydrogens is 388 g/mol. The van der Waals surface area contributed by atoms with Crippen LogP contribution < -0.4 is 0 Å². The van der Waals surface area contributed by atoms with Crippen molar-refractivity contribution in [3.63, 3.8) is 0 Å². The summed E-state index contributed by atoms with van der Waals surface area (Å²) in [6, 6.07) is 14.5. The molecule has 0 atom stereocenters. The van der Waals surface area contributed by atoms with Gasteiger partial charge in [0.15, 0.2) is 0 Å². The molecule has 5 heterocycles. The zero-order valence-corrected chi connectivity index (χ0v) is 15.4. The highest BCUT2D eigenvalue weighted by Crippen LogP contribution is 2.22. The first-order valence-corrected chi connectivity index (χ1v) is 9.51. The van der Waals surface area contributed by atoms with Crippen LogP contribution in [0.4, 0.5) is 0 Å². The second kappa shape index (κ2) is 6.11. The van der Waals surface area contributed by atoms with E-state index in [4.69, 9.17) is 4.98 Å². The van der Waals surface area contributed by atoms with Gasteiger partial charge in [0, 0.05) is 33.0 Å². The lowest BCUT2D eigenvalue weighted by atomic mass is 10.2. The molecule has 8 bridgehead atoms. The maximum atomic E-state index is 4.76. The van der Waals surface area contributed by atoms with Crippen LogP contribution in [0.5, 0.6) is 0 Å². The second-order valence-electron chi connectivity index (χ2n) is 6.29. The topological polar surface area (TPSA) is 57.4 Å². The van der Waals surface area contributed by atoms with Crippen molar-refractivity contribution in [3.8, 4) is 0 Å². The average molecular weight is 403 g/mol. The van der Waals surface area contributed by atoms with Crippen molar-refractivity contribution in [3.05, 3.63) is 70.8 Å². The fourth-order valence-corrected chi connectivity index (χ4v) is 3.80. The van der Waals surface area contributed by atoms with Crippen LogP contribution in [0.1, 0.15) is 28.3 Å². The summed E-state index contributed by atoms with van der Waals surface area (Å²) >= 11 is 3.61. The minimum absolute atomic E-state index is 0.726. The Bertz CT molecular complexity index is 1230. The zero-order valence-electron chi connectivity index (χ0n) is 13.8. The summed E-state index contributed by atoms with van der Waals surface area (Å²) in [5.74, 6) is 0. The SMILES string of the molecule is BrCc1c2nc(cc3nc(cc4ccc(cc5ccc1[nH]5)[nH]4)C=C3)C=C2. The van der Waals surface area contributed by atoms with Gasteiger partial charge in [-0.2, -0.15) is 0 Å². The van der Waals surface area contributed by atoms with E-state index in [2.05, 4.69) is 67.3 Å². The third-order valence-electron chi connectivity index (χ3n) is 4.46. The summed E-state index contributed by atoms with van der Waals surface area (Å²) in [6.45, 7) is 0. The molecule has 0 aliphatic carbocycles. The third-order valence-corrected chi connectivity index (χ3v) is 5.02. The molecule has 0 aromatic carbocycles. The molecule has 3 aromatic heterocycles. The Kier molecular flexibility index (Phi) is 3.60. The summed E-state index contributed by atoms with van der Waals surface area (Å²) in [5.41, 5.74) is 9.04. The van der Waals surface area contributed by atoms with Gasteiger partial charge < -0.3 is 9.97 Å². The Morgan fingerprint density at radius 1 is 0.692 bits per heavy atom.